The van der Waals surface area contributed by atoms with Crippen molar-refractivity contribution in [2.24, 2.45) is 0 Å². The molecule has 1 atom stereocenters. The van der Waals surface area contributed by atoms with Crippen molar-refractivity contribution < 1.29 is 4.39 Å². The first-order valence-electron chi connectivity index (χ1n) is 6.96. The molecule has 21 heavy (non-hydrogen) atoms. The average molecular weight is 375 g/mol. The number of hydrogen-bond donors (Lipinski definition) is 2. The molecule has 2 aromatic rings. The maximum absolute atomic E-state index is 13.0. The lowest BCUT2D eigenvalue weighted by Crippen LogP contribution is -2.35. The number of aromatic nitrogens is 2. The van der Waals surface area contributed by atoms with E-state index in [-0.39, 0.29) is 18.2 Å². The molecule has 114 valence electrons. The first kappa shape index (κ1) is 16.5. The second kappa shape index (κ2) is 7.38. The maximum atomic E-state index is 13.0. The van der Waals surface area contributed by atoms with E-state index in [0.717, 1.165) is 34.7 Å². The molecule has 0 unspecified atom stereocenters. The Morgan fingerprint density at radius 2 is 2.00 bits per heavy atom. The summed E-state index contributed by atoms with van der Waals surface area (Å²) >= 11 is 3.50. The molecule has 6 heteroatoms. The first-order chi connectivity index (χ1) is 9.72. The third-order valence-corrected chi connectivity index (χ3v) is 4.25. The summed E-state index contributed by atoms with van der Waals surface area (Å²) in [6, 6.07) is 6.91. The van der Waals surface area contributed by atoms with Crippen LogP contribution in [0.1, 0.15) is 25.1 Å². The van der Waals surface area contributed by atoms with Crippen LogP contribution in [-0.2, 0) is 6.42 Å². The predicted octanol–water partition coefficient (Wildman–Crippen LogP) is 4.08. The van der Waals surface area contributed by atoms with E-state index in [0.29, 0.717) is 6.04 Å². The Morgan fingerprint density at radius 3 is 2.67 bits per heavy atom. The Morgan fingerprint density at radius 1 is 1.24 bits per heavy atom. The SMILES string of the molecule is Cl.Fc1ccc(-c2nc(C[C@@H]3CCCCN3)[nH]c2Br)cc1. The van der Waals surface area contributed by atoms with Gasteiger partial charge >= 0.3 is 0 Å². The fraction of sp³-hybridized carbons (Fsp3) is 0.400. The molecule has 1 aliphatic heterocycles. The second-order valence-corrected chi connectivity index (χ2v) is 6.00. The smallest absolute Gasteiger partial charge is 0.123 e. The van der Waals surface area contributed by atoms with Crippen molar-refractivity contribution in [2.45, 2.75) is 31.7 Å². The lowest BCUT2D eigenvalue weighted by atomic mass is 10.0. The van der Waals surface area contributed by atoms with Crippen molar-refractivity contribution in [1.82, 2.24) is 15.3 Å². The van der Waals surface area contributed by atoms with Gasteiger partial charge in [0.15, 0.2) is 0 Å². The van der Waals surface area contributed by atoms with Crippen molar-refractivity contribution in [1.29, 1.82) is 0 Å². The number of rotatable bonds is 3. The van der Waals surface area contributed by atoms with E-state index < -0.39 is 0 Å². The van der Waals surface area contributed by atoms with Crippen LogP contribution < -0.4 is 5.32 Å². The van der Waals surface area contributed by atoms with Crippen LogP contribution in [0.5, 0.6) is 0 Å². The summed E-state index contributed by atoms with van der Waals surface area (Å²) in [6.45, 7) is 1.09. The number of aromatic amines is 1. The lowest BCUT2D eigenvalue weighted by molar-refractivity contribution is 0.395. The van der Waals surface area contributed by atoms with Gasteiger partial charge in [-0.05, 0) is 59.6 Å². The Labute approximate surface area is 138 Å². The van der Waals surface area contributed by atoms with E-state index >= 15 is 0 Å². The fourth-order valence-corrected chi connectivity index (χ4v) is 3.17. The van der Waals surface area contributed by atoms with Gasteiger partial charge in [0.05, 0.1) is 0 Å². The molecule has 2 heterocycles. The van der Waals surface area contributed by atoms with Crippen LogP contribution in [-0.4, -0.2) is 22.6 Å². The standard InChI is InChI=1S/C15H17BrFN3.ClH/c16-15-14(10-4-6-11(17)7-5-10)19-13(20-15)9-12-3-1-2-8-18-12;/h4-7,12,18H,1-3,8-9H2,(H,19,20);1H/t12-;/m0./s1. The Hall–Kier alpha value is -0.910. The summed E-state index contributed by atoms with van der Waals surface area (Å²) in [5, 5.41) is 3.52. The minimum atomic E-state index is -0.230. The van der Waals surface area contributed by atoms with Crippen LogP contribution in [0.4, 0.5) is 4.39 Å². The van der Waals surface area contributed by atoms with E-state index in [1.165, 1.54) is 31.4 Å². The molecule has 3 rings (SSSR count). The molecule has 0 bridgehead atoms. The van der Waals surface area contributed by atoms with Gasteiger partial charge in [-0.2, -0.15) is 0 Å². The number of benzene rings is 1. The van der Waals surface area contributed by atoms with Crippen molar-refractivity contribution >= 4 is 28.3 Å². The molecule has 0 spiro atoms. The molecule has 2 N–H and O–H groups in total. The van der Waals surface area contributed by atoms with Gasteiger partial charge in [-0.25, -0.2) is 9.37 Å². The summed E-state index contributed by atoms with van der Waals surface area (Å²) in [5.74, 6) is 0.739. The summed E-state index contributed by atoms with van der Waals surface area (Å²) in [7, 11) is 0. The minimum absolute atomic E-state index is 0. The Kier molecular flexibility index (Phi) is 5.79. The Bertz CT molecular complexity index is 579. The van der Waals surface area contributed by atoms with Crippen LogP contribution in [0, 0.1) is 5.82 Å². The van der Waals surface area contributed by atoms with Crippen LogP contribution in [0.15, 0.2) is 28.9 Å². The molecule has 1 aliphatic rings. The molecule has 1 aromatic heterocycles. The predicted molar refractivity (Wildman–Crippen MR) is 88.3 cm³/mol. The third kappa shape index (κ3) is 4.05. The van der Waals surface area contributed by atoms with Crippen molar-refractivity contribution in [3.8, 4) is 11.3 Å². The fourth-order valence-electron chi connectivity index (χ4n) is 2.63. The highest BCUT2D eigenvalue weighted by Gasteiger charge is 2.17. The van der Waals surface area contributed by atoms with Gasteiger partial charge < -0.3 is 10.3 Å². The van der Waals surface area contributed by atoms with Gasteiger partial charge in [0.1, 0.15) is 21.9 Å². The first-order valence-corrected chi connectivity index (χ1v) is 7.75. The molecule has 0 radical (unpaired) electrons. The average Bonchev–Trinajstić information content (AvgIpc) is 2.81. The molecule has 1 fully saturated rings. The molecule has 1 aromatic carbocycles. The molecule has 1 saturated heterocycles. The van der Waals surface area contributed by atoms with Crippen molar-refractivity contribution in [3.63, 3.8) is 0 Å². The summed E-state index contributed by atoms with van der Waals surface area (Å²) in [5.41, 5.74) is 1.76. The van der Waals surface area contributed by atoms with Crippen molar-refractivity contribution in [3.05, 3.63) is 40.5 Å². The number of piperidine rings is 1. The molecule has 0 aliphatic carbocycles. The number of nitrogens with one attached hydrogen (secondary N) is 2. The van der Waals surface area contributed by atoms with Crippen LogP contribution in [0.25, 0.3) is 11.3 Å². The largest absolute Gasteiger partial charge is 0.336 e. The number of halogens is 3. The summed E-state index contributed by atoms with van der Waals surface area (Å²) < 4.78 is 13.8. The topological polar surface area (TPSA) is 40.7 Å². The third-order valence-electron chi connectivity index (χ3n) is 3.68. The van der Waals surface area contributed by atoms with Gasteiger partial charge in [0.25, 0.3) is 0 Å². The zero-order chi connectivity index (χ0) is 13.9. The molecule has 3 nitrogen and oxygen atoms in total. The molecule has 0 amide bonds. The maximum Gasteiger partial charge on any atom is 0.123 e. The number of imidazole rings is 1. The van der Waals surface area contributed by atoms with Gasteiger partial charge in [-0.1, -0.05) is 6.42 Å². The molecular weight excluding hydrogens is 357 g/mol. The van der Waals surface area contributed by atoms with Gasteiger partial charge in [-0.3, -0.25) is 0 Å². The zero-order valence-corrected chi connectivity index (χ0v) is 13.9. The van der Waals surface area contributed by atoms with Gasteiger partial charge in [0.2, 0.25) is 0 Å². The van der Waals surface area contributed by atoms with E-state index in [1.807, 2.05) is 0 Å². The molecule has 0 saturated carbocycles. The molecular formula is C15H18BrClFN3. The summed E-state index contributed by atoms with van der Waals surface area (Å²) in [4.78, 5) is 7.92. The number of hydrogen-bond acceptors (Lipinski definition) is 2. The van der Waals surface area contributed by atoms with Crippen molar-refractivity contribution in [2.75, 3.05) is 6.54 Å². The summed E-state index contributed by atoms with van der Waals surface area (Å²) in [6.07, 6.45) is 4.65. The normalized spacial score (nSPS) is 18.3. The van der Waals surface area contributed by atoms with Gasteiger partial charge in [0, 0.05) is 18.0 Å². The monoisotopic (exact) mass is 373 g/mol. The Balaban J connectivity index is 0.00000161. The minimum Gasteiger partial charge on any atom is -0.336 e. The highest BCUT2D eigenvalue weighted by molar-refractivity contribution is 9.10. The van der Waals surface area contributed by atoms with Gasteiger partial charge in [-0.15, -0.1) is 12.4 Å². The van der Waals surface area contributed by atoms with E-state index in [2.05, 4.69) is 31.2 Å². The zero-order valence-electron chi connectivity index (χ0n) is 11.5. The number of H-pyrrole nitrogens is 1. The van der Waals surface area contributed by atoms with Crippen LogP contribution in [0.3, 0.4) is 0 Å². The van der Waals surface area contributed by atoms with E-state index in [9.17, 15) is 4.39 Å². The highest BCUT2D eigenvalue weighted by atomic mass is 79.9. The van der Waals surface area contributed by atoms with Crippen LogP contribution >= 0.6 is 28.3 Å². The van der Waals surface area contributed by atoms with E-state index in [4.69, 9.17) is 0 Å². The lowest BCUT2D eigenvalue weighted by Gasteiger charge is -2.22. The second-order valence-electron chi connectivity index (χ2n) is 5.20. The highest BCUT2D eigenvalue weighted by Crippen LogP contribution is 2.26. The number of nitrogens with zero attached hydrogens (tertiary/aromatic N) is 1. The van der Waals surface area contributed by atoms with E-state index in [1.54, 1.807) is 12.1 Å². The van der Waals surface area contributed by atoms with Crippen LogP contribution in [0.2, 0.25) is 0 Å². The quantitative estimate of drug-likeness (QED) is 0.850.